The molecule has 1 aliphatic rings. The van der Waals surface area contributed by atoms with Gasteiger partial charge in [-0.3, -0.25) is 24.3 Å². The number of hydrogen-bond acceptors (Lipinski definition) is 9. The normalized spacial score (nSPS) is 21.3. The van der Waals surface area contributed by atoms with E-state index in [2.05, 4.69) is 4.98 Å². The van der Waals surface area contributed by atoms with Crippen LogP contribution in [0.15, 0.2) is 15.8 Å². The standard InChI is InChI=1S/C21H34N5O7P/c1-13(2)26(14(3)4)34(31-9-7-8-22)32-12-18-17(25(30)16(6)27)10-19(33-18)24-11-15(5)20(28)23-21(24)29/h11,13-14,17-19,30H,7,9-10,12H2,1-6H3,(H,23,28,29)/t17-,18+,19+,34?/m0/s1. The van der Waals surface area contributed by atoms with E-state index in [4.69, 9.17) is 19.0 Å². The van der Waals surface area contributed by atoms with Gasteiger partial charge in [0.05, 0.1) is 31.7 Å². The molecule has 0 aliphatic carbocycles. The van der Waals surface area contributed by atoms with E-state index in [9.17, 15) is 19.6 Å². The number of aromatic amines is 1. The lowest BCUT2D eigenvalue weighted by molar-refractivity contribution is -0.179. The molecule has 1 saturated heterocycles. The highest BCUT2D eigenvalue weighted by molar-refractivity contribution is 7.44. The first kappa shape index (κ1) is 28.1. The number of hydroxylamine groups is 2. The second-order valence-electron chi connectivity index (χ2n) is 8.62. The maximum absolute atomic E-state index is 12.4. The van der Waals surface area contributed by atoms with Crippen molar-refractivity contribution in [3.05, 3.63) is 32.6 Å². The second-order valence-corrected chi connectivity index (χ2v) is 10.1. The van der Waals surface area contributed by atoms with Gasteiger partial charge < -0.3 is 13.8 Å². The van der Waals surface area contributed by atoms with Crippen LogP contribution in [0.1, 0.15) is 59.3 Å². The Hall–Kier alpha value is -2.13. The van der Waals surface area contributed by atoms with Gasteiger partial charge in [-0.15, -0.1) is 0 Å². The third-order valence-electron chi connectivity index (χ3n) is 5.31. The van der Waals surface area contributed by atoms with Gasteiger partial charge in [0.1, 0.15) is 12.3 Å². The smallest absolute Gasteiger partial charge is 0.330 e. The molecule has 2 N–H and O–H groups in total. The molecule has 1 unspecified atom stereocenters. The number of nitrogens with one attached hydrogen (secondary N) is 1. The first-order valence-corrected chi connectivity index (χ1v) is 12.3. The maximum Gasteiger partial charge on any atom is 0.330 e. The van der Waals surface area contributed by atoms with Crippen LogP contribution in [-0.2, 0) is 18.6 Å². The molecule has 190 valence electrons. The van der Waals surface area contributed by atoms with Crippen molar-refractivity contribution in [3.8, 4) is 6.07 Å². The Balaban J connectivity index is 2.27. The zero-order chi connectivity index (χ0) is 25.6. The van der Waals surface area contributed by atoms with Crippen LogP contribution in [0.4, 0.5) is 0 Å². The zero-order valence-electron chi connectivity index (χ0n) is 20.4. The first-order valence-electron chi connectivity index (χ1n) is 11.1. The van der Waals surface area contributed by atoms with Gasteiger partial charge in [0.2, 0.25) is 5.91 Å². The number of amides is 1. The van der Waals surface area contributed by atoms with E-state index in [0.29, 0.717) is 10.6 Å². The molecule has 13 heteroatoms. The second kappa shape index (κ2) is 12.5. The third-order valence-corrected chi connectivity index (χ3v) is 7.38. The lowest BCUT2D eigenvalue weighted by Gasteiger charge is -2.36. The minimum absolute atomic E-state index is 0.0310. The average molecular weight is 500 g/mol. The van der Waals surface area contributed by atoms with Gasteiger partial charge in [-0.1, -0.05) is 0 Å². The fourth-order valence-electron chi connectivity index (χ4n) is 3.78. The summed E-state index contributed by atoms with van der Waals surface area (Å²) in [6.45, 7) is 11.0. The van der Waals surface area contributed by atoms with E-state index in [1.807, 2.05) is 38.4 Å². The number of H-pyrrole nitrogens is 1. The number of carbonyl (C=O) groups excluding carboxylic acids is 1. The minimum atomic E-state index is -1.57. The highest BCUT2D eigenvalue weighted by atomic mass is 31.2. The predicted octanol–water partition coefficient (Wildman–Crippen LogP) is 2.03. The van der Waals surface area contributed by atoms with Crippen molar-refractivity contribution < 1.29 is 23.8 Å². The fraction of sp³-hybridized carbons (Fsp3) is 0.714. The van der Waals surface area contributed by atoms with Crippen molar-refractivity contribution in [2.75, 3.05) is 13.2 Å². The predicted molar refractivity (Wildman–Crippen MR) is 124 cm³/mol. The van der Waals surface area contributed by atoms with Gasteiger partial charge in [0.25, 0.3) is 14.1 Å². The van der Waals surface area contributed by atoms with Crippen LogP contribution in [0.3, 0.4) is 0 Å². The molecule has 1 aromatic heterocycles. The maximum atomic E-state index is 12.4. The van der Waals surface area contributed by atoms with Crippen molar-refractivity contribution >= 4 is 14.4 Å². The van der Waals surface area contributed by atoms with Crippen molar-refractivity contribution in [1.82, 2.24) is 19.3 Å². The van der Waals surface area contributed by atoms with Crippen molar-refractivity contribution in [3.63, 3.8) is 0 Å². The average Bonchev–Trinajstić information content (AvgIpc) is 3.17. The van der Waals surface area contributed by atoms with Gasteiger partial charge in [0, 0.05) is 37.2 Å². The molecular formula is C21H34N5O7P. The van der Waals surface area contributed by atoms with Crippen LogP contribution in [-0.4, -0.2) is 67.8 Å². The number of rotatable bonds is 11. The van der Waals surface area contributed by atoms with Crippen LogP contribution in [0.2, 0.25) is 0 Å². The summed E-state index contributed by atoms with van der Waals surface area (Å²) in [6.07, 6.45) is 0.107. The molecule has 34 heavy (non-hydrogen) atoms. The molecule has 0 radical (unpaired) electrons. The summed E-state index contributed by atoms with van der Waals surface area (Å²) in [5.74, 6) is -0.581. The summed E-state index contributed by atoms with van der Waals surface area (Å²) in [4.78, 5) is 38.2. The molecule has 4 atom stereocenters. The number of aromatic nitrogens is 2. The topological polar surface area (TPSA) is 150 Å². The highest BCUT2D eigenvalue weighted by Gasteiger charge is 2.42. The molecule has 1 fully saturated rings. The number of carbonyl (C=O) groups is 1. The quantitative estimate of drug-likeness (QED) is 0.202. The van der Waals surface area contributed by atoms with E-state index in [-0.39, 0.29) is 38.1 Å². The molecule has 1 aromatic rings. The number of nitrogens with zero attached hydrogens (tertiary/aromatic N) is 4. The Morgan fingerprint density at radius 1 is 1.35 bits per heavy atom. The summed E-state index contributed by atoms with van der Waals surface area (Å²) in [7, 11) is -1.57. The Kier molecular flexibility index (Phi) is 10.4. The van der Waals surface area contributed by atoms with Crippen LogP contribution < -0.4 is 11.2 Å². The summed E-state index contributed by atoms with van der Waals surface area (Å²) in [5.41, 5.74) is -0.822. The van der Waals surface area contributed by atoms with E-state index in [1.54, 1.807) is 6.92 Å². The summed E-state index contributed by atoms with van der Waals surface area (Å²) >= 11 is 0. The molecule has 2 rings (SSSR count). The van der Waals surface area contributed by atoms with E-state index < -0.39 is 44.1 Å². The molecule has 2 heterocycles. The van der Waals surface area contributed by atoms with E-state index in [0.717, 1.165) is 0 Å². The Labute approximate surface area is 199 Å². The van der Waals surface area contributed by atoms with Gasteiger partial charge in [-0.25, -0.2) is 14.5 Å². The first-order chi connectivity index (χ1) is 16.0. The lowest BCUT2D eigenvalue weighted by atomic mass is 10.1. The monoisotopic (exact) mass is 499 g/mol. The van der Waals surface area contributed by atoms with Crippen LogP contribution >= 0.6 is 8.53 Å². The lowest BCUT2D eigenvalue weighted by Crippen LogP contribution is -2.43. The van der Waals surface area contributed by atoms with Crippen LogP contribution in [0.5, 0.6) is 0 Å². The fourth-order valence-corrected chi connectivity index (χ4v) is 5.39. The Morgan fingerprint density at radius 3 is 2.56 bits per heavy atom. The van der Waals surface area contributed by atoms with Gasteiger partial charge in [-0.05, 0) is 34.6 Å². The number of ether oxygens (including phenoxy) is 1. The Bertz CT molecular complexity index is 981. The van der Waals surface area contributed by atoms with Crippen LogP contribution in [0, 0.1) is 18.3 Å². The summed E-state index contributed by atoms with van der Waals surface area (Å²) in [6, 6.07) is 1.44. The van der Waals surface area contributed by atoms with Gasteiger partial charge in [-0.2, -0.15) is 5.26 Å². The molecular weight excluding hydrogens is 465 g/mol. The SMILES string of the molecule is CC(=O)N(O)[C@H]1C[C@H](n2cc(C)c(=O)[nH]c2=O)O[C@@H]1COP(OCCC#N)N(C(C)C)C(C)C. The van der Waals surface area contributed by atoms with E-state index in [1.165, 1.54) is 17.7 Å². The molecule has 1 aliphatic heterocycles. The van der Waals surface area contributed by atoms with Crippen molar-refractivity contribution in [1.29, 1.82) is 5.26 Å². The molecule has 0 spiro atoms. The molecule has 0 saturated carbocycles. The summed E-state index contributed by atoms with van der Waals surface area (Å²) < 4.78 is 21.3. The largest absolute Gasteiger partial charge is 0.350 e. The van der Waals surface area contributed by atoms with Crippen LogP contribution in [0.25, 0.3) is 0 Å². The number of hydrogen-bond donors (Lipinski definition) is 2. The third kappa shape index (κ3) is 6.95. The summed E-state index contributed by atoms with van der Waals surface area (Å²) in [5, 5.41) is 19.8. The van der Waals surface area contributed by atoms with Gasteiger partial charge >= 0.3 is 5.69 Å². The molecule has 0 bridgehead atoms. The number of aryl methyl sites for hydroxylation is 1. The minimum Gasteiger partial charge on any atom is -0.350 e. The highest BCUT2D eigenvalue weighted by Crippen LogP contribution is 2.47. The Morgan fingerprint density at radius 2 is 2.00 bits per heavy atom. The van der Waals surface area contributed by atoms with Gasteiger partial charge in [0.15, 0.2) is 0 Å². The molecule has 0 aromatic carbocycles. The van der Waals surface area contributed by atoms with E-state index >= 15 is 0 Å². The number of nitriles is 1. The van der Waals surface area contributed by atoms with Crippen molar-refractivity contribution in [2.24, 2.45) is 0 Å². The zero-order valence-corrected chi connectivity index (χ0v) is 21.3. The molecule has 1 amide bonds. The van der Waals surface area contributed by atoms with Crippen molar-refractivity contribution in [2.45, 2.75) is 84.8 Å². The molecule has 12 nitrogen and oxygen atoms in total.